The van der Waals surface area contributed by atoms with Crippen molar-refractivity contribution in [3.8, 4) is 6.07 Å². The number of benzene rings is 3. The lowest BCUT2D eigenvalue weighted by atomic mass is 9.96. The molecule has 3 aromatic carbocycles. The van der Waals surface area contributed by atoms with E-state index in [4.69, 9.17) is 9.41 Å². The molecule has 2 heterocycles. The minimum Gasteiger partial charge on any atom is -0.437 e. The Hall–Kier alpha value is -4.21. The smallest absolute Gasteiger partial charge is 0.261 e. The molecule has 6 heteroatoms. The molecule has 0 atom stereocenters. The lowest BCUT2D eigenvalue weighted by Gasteiger charge is -2.09. The zero-order chi connectivity index (χ0) is 24.6. The summed E-state index contributed by atoms with van der Waals surface area (Å²) >= 11 is 1.53. The first-order valence-corrected chi connectivity index (χ1v) is 12.9. The number of aryl methyl sites for hydroxylation is 2. The van der Waals surface area contributed by atoms with Gasteiger partial charge in [0.05, 0.1) is 5.56 Å². The van der Waals surface area contributed by atoms with Crippen LogP contribution in [0.3, 0.4) is 0 Å². The molecule has 0 saturated heterocycles. The molecule has 1 aliphatic carbocycles. The highest BCUT2D eigenvalue weighted by molar-refractivity contribution is 7.16. The molecule has 0 bridgehead atoms. The van der Waals surface area contributed by atoms with E-state index in [0.717, 1.165) is 53.0 Å². The summed E-state index contributed by atoms with van der Waals surface area (Å²) < 4.78 is 6.29. The quantitative estimate of drug-likeness (QED) is 0.272. The molecule has 6 rings (SSSR count). The van der Waals surface area contributed by atoms with Gasteiger partial charge in [0.2, 0.25) is 5.55 Å². The fourth-order valence-electron chi connectivity index (χ4n) is 4.88. The van der Waals surface area contributed by atoms with Gasteiger partial charge in [-0.3, -0.25) is 4.79 Å². The highest BCUT2D eigenvalue weighted by Crippen LogP contribution is 2.39. The summed E-state index contributed by atoms with van der Waals surface area (Å²) in [5.41, 5.74) is 4.63. The van der Waals surface area contributed by atoms with Crippen molar-refractivity contribution in [2.45, 2.75) is 32.6 Å². The summed E-state index contributed by atoms with van der Waals surface area (Å²) in [6, 6.07) is 23.8. The first kappa shape index (κ1) is 22.3. The number of rotatable bonds is 3. The Morgan fingerprint density at radius 2 is 1.89 bits per heavy atom. The minimum absolute atomic E-state index is 0.207. The number of thiophene rings is 1. The fraction of sp³-hybridized carbons (Fsp3) is 0.167. The van der Waals surface area contributed by atoms with E-state index in [1.54, 1.807) is 0 Å². The van der Waals surface area contributed by atoms with Crippen LogP contribution in [0.4, 0.5) is 10.7 Å². The van der Waals surface area contributed by atoms with Gasteiger partial charge in [0.15, 0.2) is 0 Å². The summed E-state index contributed by atoms with van der Waals surface area (Å²) in [4.78, 5) is 19.6. The predicted octanol–water partition coefficient (Wildman–Crippen LogP) is 7.19. The third kappa shape index (κ3) is 3.98. The monoisotopic (exact) mass is 489 g/mol. The summed E-state index contributed by atoms with van der Waals surface area (Å²) in [7, 11) is 0. The largest absolute Gasteiger partial charge is 0.437 e. The van der Waals surface area contributed by atoms with Crippen LogP contribution < -0.4 is 10.9 Å². The molecular formula is C30H23N3O2S. The maximum atomic E-state index is 13.6. The fourth-order valence-corrected chi connectivity index (χ4v) is 6.09. The molecule has 0 radical (unpaired) electrons. The Labute approximate surface area is 212 Å². The SMILES string of the molecule is Cc1cccc(NC(=O)c2cc3c(ccc4ccccc43)o/c2=N\c2sc3c(c2C#N)CCCC3)c1. The average molecular weight is 490 g/mol. The number of hydrogen-bond acceptors (Lipinski definition) is 5. The van der Waals surface area contributed by atoms with Crippen LogP contribution >= 0.6 is 11.3 Å². The Morgan fingerprint density at radius 3 is 2.75 bits per heavy atom. The molecule has 0 aliphatic heterocycles. The topological polar surface area (TPSA) is 78.4 Å². The normalized spacial score (nSPS) is 13.5. The zero-order valence-electron chi connectivity index (χ0n) is 19.8. The van der Waals surface area contributed by atoms with Crippen LogP contribution in [-0.4, -0.2) is 5.91 Å². The van der Waals surface area contributed by atoms with E-state index in [1.165, 1.54) is 16.2 Å². The molecule has 36 heavy (non-hydrogen) atoms. The Kier molecular flexibility index (Phi) is 5.63. The second-order valence-electron chi connectivity index (χ2n) is 9.10. The van der Waals surface area contributed by atoms with Crippen molar-refractivity contribution >= 4 is 49.7 Å². The Bertz CT molecular complexity index is 1770. The molecule has 5 nitrogen and oxygen atoms in total. The van der Waals surface area contributed by atoms with Gasteiger partial charge in [0, 0.05) is 16.0 Å². The van der Waals surface area contributed by atoms with Crippen LogP contribution in [0.25, 0.3) is 21.7 Å². The number of anilines is 1. The Balaban J connectivity index is 1.58. The third-order valence-electron chi connectivity index (χ3n) is 6.64. The van der Waals surface area contributed by atoms with Gasteiger partial charge in [0.1, 0.15) is 22.2 Å². The van der Waals surface area contributed by atoms with Crippen molar-refractivity contribution in [1.29, 1.82) is 5.26 Å². The van der Waals surface area contributed by atoms with E-state index in [0.29, 0.717) is 27.4 Å². The lowest BCUT2D eigenvalue weighted by Crippen LogP contribution is -2.21. The van der Waals surface area contributed by atoms with Crippen LogP contribution in [-0.2, 0) is 12.8 Å². The second-order valence-corrected chi connectivity index (χ2v) is 10.2. The van der Waals surface area contributed by atoms with Crippen LogP contribution in [0.2, 0.25) is 0 Å². The van der Waals surface area contributed by atoms with E-state index in [-0.39, 0.29) is 11.5 Å². The summed E-state index contributed by atoms with van der Waals surface area (Å²) in [5.74, 6) is -0.308. The Morgan fingerprint density at radius 1 is 1.03 bits per heavy atom. The van der Waals surface area contributed by atoms with Crippen LogP contribution in [0, 0.1) is 18.3 Å². The maximum Gasteiger partial charge on any atom is 0.261 e. The molecule has 0 saturated carbocycles. The number of nitrogens with one attached hydrogen (secondary N) is 1. The first-order valence-electron chi connectivity index (χ1n) is 12.0. The molecular weight excluding hydrogens is 466 g/mol. The highest BCUT2D eigenvalue weighted by atomic mass is 32.1. The number of nitrogens with zero attached hydrogens (tertiary/aromatic N) is 2. The van der Waals surface area contributed by atoms with Crippen molar-refractivity contribution in [1.82, 2.24) is 0 Å². The van der Waals surface area contributed by atoms with Gasteiger partial charge in [-0.1, -0.05) is 42.5 Å². The standard InChI is InChI=1S/C30H23N3O2S/c1-18-7-6-9-20(15-18)32-28(34)24-16-23-21-10-3-2-8-19(21)13-14-26(23)35-29(24)33-30-25(17-31)22-11-4-5-12-27(22)36-30/h2-3,6-10,13-16H,4-5,11-12H2,1H3,(H,32,34)/b33-29-. The molecule has 1 aliphatic rings. The predicted molar refractivity (Wildman–Crippen MR) is 144 cm³/mol. The lowest BCUT2D eigenvalue weighted by molar-refractivity contribution is 0.102. The molecule has 0 spiro atoms. The molecule has 1 amide bonds. The average Bonchev–Trinajstić information content (AvgIpc) is 3.25. The van der Waals surface area contributed by atoms with Gasteiger partial charge >= 0.3 is 0 Å². The van der Waals surface area contributed by atoms with E-state index in [9.17, 15) is 10.1 Å². The van der Waals surface area contributed by atoms with Crippen molar-refractivity contribution < 1.29 is 9.21 Å². The van der Waals surface area contributed by atoms with Gasteiger partial charge in [-0.25, -0.2) is 4.99 Å². The number of carbonyl (C=O) groups excluding carboxylic acids is 1. The van der Waals surface area contributed by atoms with Gasteiger partial charge in [0.25, 0.3) is 5.91 Å². The number of nitriles is 1. The van der Waals surface area contributed by atoms with Gasteiger partial charge in [-0.05, 0) is 78.8 Å². The van der Waals surface area contributed by atoms with E-state index < -0.39 is 0 Å². The zero-order valence-corrected chi connectivity index (χ0v) is 20.6. The van der Waals surface area contributed by atoms with Crippen LogP contribution in [0.15, 0.2) is 76.1 Å². The summed E-state index contributed by atoms with van der Waals surface area (Å²) in [6.07, 6.45) is 4.06. The van der Waals surface area contributed by atoms with Gasteiger partial charge in [-0.15, -0.1) is 11.3 Å². The number of carbonyl (C=O) groups is 1. The maximum absolute atomic E-state index is 13.6. The molecule has 176 valence electrons. The molecule has 0 fully saturated rings. The van der Waals surface area contributed by atoms with Crippen LogP contribution in [0.1, 0.15) is 44.8 Å². The van der Waals surface area contributed by atoms with Crippen molar-refractivity contribution in [3.05, 3.63) is 99.4 Å². The molecule has 2 aromatic heterocycles. The summed E-state index contributed by atoms with van der Waals surface area (Å²) in [6.45, 7) is 1.98. The molecule has 5 aromatic rings. The van der Waals surface area contributed by atoms with Crippen molar-refractivity contribution in [2.75, 3.05) is 5.32 Å². The third-order valence-corrected chi connectivity index (χ3v) is 7.83. The van der Waals surface area contributed by atoms with E-state index >= 15 is 0 Å². The number of fused-ring (bicyclic) bond motifs is 4. The summed E-state index contributed by atoms with van der Waals surface area (Å²) in [5, 5.41) is 16.4. The first-order chi connectivity index (χ1) is 17.6. The second kappa shape index (κ2) is 9.10. The number of amides is 1. The van der Waals surface area contributed by atoms with E-state index in [2.05, 4.69) is 11.4 Å². The van der Waals surface area contributed by atoms with Crippen molar-refractivity contribution in [3.63, 3.8) is 0 Å². The van der Waals surface area contributed by atoms with Crippen LogP contribution in [0.5, 0.6) is 0 Å². The van der Waals surface area contributed by atoms with Gasteiger partial charge in [-0.2, -0.15) is 5.26 Å². The minimum atomic E-state index is -0.308. The van der Waals surface area contributed by atoms with E-state index in [1.807, 2.05) is 73.7 Å². The molecule has 0 unspecified atom stereocenters. The van der Waals surface area contributed by atoms with Gasteiger partial charge < -0.3 is 9.73 Å². The number of hydrogen-bond donors (Lipinski definition) is 1. The van der Waals surface area contributed by atoms with Crippen molar-refractivity contribution in [2.24, 2.45) is 4.99 Å². The highest BCUT2D eigenvalue weighted by Gasteiger charge is 2.22. The molecule has 1 N–H and O–H groups in total.